The molecule has 8 heterocycles. The first-order valence-corrected chi connectivity index (χ1v) is 28.3. The van der Waals surface area contributed by atoms with Crippen LogP contribution in [0.3, 0.4) is 0 Å². The first kappa shape index (κ1) is 49.3. The van der Waals surface area contributed by atoms with Crippen molar-refractivity contribution >= 4 is 93.2 Å². The van der Waals surface area contributed by atoms with E-state index in [0.717, 1.165) is 98.9 Å². The van der Waals surface area contributed by atoms with Gasteiger partial charge in [-0.25, -0.2) is 4.98 Å². The van der Waals surface area contributed by atoms with Crippen molar-refractivity contribution in [3.05, 3.63) is 89.6 Å². The van der Waals surface area contributed by atoms with E-state index >= 15 is 0 Å². The first-order valence-electron chi connectivity index (χ1n) is 25.3. The molecule has 1 atom stereocenters. The van der Waals surface area contributed by atoms with Gasteiger partial charge in [-0.15, -0.1) is 0 Å². The highest BCUT2D eigenvalue weighted by Gasteiger charge is 2.45. The van der Waals surface area contributed by atoms with Crippen molar-refractivity contribution < 1.29 is 28.5 Å². The van der Waals surface area contributed by atoms with Crippen LogP contribution in [-0.4, -0.2) is 135 Å². The van der Waals surface area contributed by atoms with Gasteiger partial charge in [-0.3, -0.25) is 44.0 Å². The number of imide groups is 2. The maximum atomic E-state index is 13.6. The van der Waals surface area contributed by atoms with E-state index in [1.807, 2.05) is 37.6 Å². The number of aryl methyl sites for hydroxylation is 1. The van der Waals surface area contributed by atoms with E-state index in [4.69, 9.17) is 21.3 Å². The van der Waals surface area contributed by atoms with E-state index in [-0.39, 0.29) is 29.7 Å². The molecule has 4 saturated heterocycles. The molecule has 0 bridgehead atoms. The Balaban J connectivity index is 0.719. The van der Waals surface area contributed by atoms with Crippen LogP contribution in [0.25, 0.3) is 22.2 Å². The number of amides is 4. The Morgan fingerprint density at radius 3 is 2.27 bits per heavy atom. The minimum atomic E-state index is -2.84. The Kier molecular flexibility index (Phi) is 13.1. The molecule has 384 valence electrons. The molecule has 11 rings (SSSR count). The molecule has 0 saturated carbocycles. The van der Waals surface area contributed by atoms with Crippen molar-refractivity contribution in [2.45, 2.75) is 57.4 Å². The van der Waals surface area contributed by atoms with Crippen molar-refractivity contribution in [2.75, 3.05) is 86.7 Å². The van der Waals surface area contributed by atoms with Gasteiger partial charge in [0, 0.05) is 93.4 Å². The SMILES string of the molecule is COc1cc(N2CCC3(CCN(CC4CCN(c5ccc6c(c5)C(=O)N([C@H]5CCC(=O)NC5=O)C6=O)CC4)CC3)CC2)c(-c2cnn(C)c2)cc1Nc1ncc(Cl)c(Nc2ccc3nccnc3c2P(C)(C)=O)n1. The van der Waals surface area contributed by atoms with Crippen LogP contribution in [0.4, 0.5) is 34.5 Å². The minimum absolute atomic E-state index is 0.0909. The van der Waals surface area contributed by atoms with Crippen LogP contribution in [0.1, 0.15) is 72.1 Å². The Hall–Kier alpha value is -6.95. The van der Waals surface area contributed by atoms with Crippen LogP contribution in [0.5, 0.6) is 5.75 Å². The zero-order valence-electron chi connectivity index (χ0n) is 41.9. The van der Waals surface area contributed by atoms with Gasteiger partial charge in [0.2, 0.25) is 17.8 Å². The molecule has 21 heteroatoms. The average Bonchev–Trinajstić information content (AvgIpc) is 3.94. The number of carbonyl (C=O) groups excluding carboxylic acids is 4. The van der Waals surface area contributed by atoms with Gasteiger partial charge in [-0.2, -0.15) is 10.1 Å². The lowest BCUT2D eigenvalue weighted by Gasteiger charge is -2.48. The van der Waals surface area contributed by atoms with E-state index < -0.39 is 30.9 Å². The fourth-order valence-electron chi connectivity index (χ4n) is 11.6. The van der Waals surface area contributed by atoms with Crippen LogP contribution in [0, 0.1) is 11.3 Å². The highest BCUT2D eigenvalue weighted by molar-refractivity contribution is 7.71. The van der Waals surface area contributed by atoms with Crippen molar-refractivity contribution in [1.82, 2.24) is 44.8 Å². The van der Waals surface area contributed by atoms with Crippen LogP contribution in [-0.2, 0) is 21.2 Å². The topological polar surface area (TPSA) is 213 Å². The molecule has 1 spiro atoms. The third-order valence-electron chi connectivity index (χ3n) is 15.7. The highest BCUT2D eigenvalue weighted by Crippen LogP contribution is 2.47. The maximum absolute atomic E-state index is 13.6. The van der Waals surface area contributed by atoms with E-state index in [1.54, 1.807) is 49.6 Å². The number of carbonyl (C=O) groups is 4. The molecular weight excluding hydrogens is 981 g/mol. The summed E-state index contributed by atoms with van der Waals surface area (Å²) in [6.07, 6.45) is 15.5. The summed E-state index contributed by atoms with van der Waals surface area (Å²) in [6, 6.07) is 12.2. The van der Waals surface area contributed by atoms with Gasteiger partial charge in [0.1, 0.15) is 29.5 Å². The Bertz CT molecular complexity index is 3260. The van der Waals surface area contributed by atoms with Crippen LogP contribution >= 0.6 is 18.7 Å². The van der Waals surface area contributed by atoms with Crippen molar-refractivity contribution in [3.8, 4) is 16.9 Å². The smallest absolute Gasteiger partial charge is 0.262 e. The number of aromatic nitrogens is 6. The number of likely N-dealkylation sites (tertiary alicyclic amines) is 1. The van der Waals surface area contributed by atoms with Crippen molar-refractivity contribution in [2.24, 2.45) is 18.4 Å². The van der Waals surface area contributed by atoms with Crippen molar-refractivity contribution in [3.63, 3.8) is 0 Å². The lowest BCUT2D eigenvalue weighted by Crippen LogP contribution is -2.54. The average molecular weight is 1040 g/mol. The summed E-state index contributed by atoms with van der Waals surface area (Å²) < 4.78 is 21.5. The van der Waals surface area contributed by atoms with E-state index in [2.05, 4.69) is 62.8 Å². The summed E-state index contributed by atoms with van der Waals surface area (Å²) in [7, 11) is 0.734. The molecule has 4 fully saturated rings. The van der Waals surface area contributed by atoms with Crippen LogP contribution in [0.15, 0.2) is 73.4 Å². The van der Waals surface area contributed by atoms with E-state index in [0.29, 0.717) is 61.7 Å². The number of ether oxygens (including phenoxy) is 1. The number of nitrogens with one attached hydrogen (secondary N) is 3. The second kappa shape index (κ2) is 19.7. The van der Waals surface area contributed by atoms with Crippen molar-refractivity contribution in [1.29, 1.82) is 0 Å². The summed E-state index contributed by atoms with van der Waals surface area (Å²) in [5, 5.41) is 14.3. The molecule has 0 radical (unpaired) electrons. The molecule has 19 nitrogen and oxygen atoms in total. The van der Waals surface area contributed by atoms with E-state index in [9.17, 15) is 23.7 Å². The number of hydrogen-bond donors (Lipinski definition) is 3. The molecule has 3 aromatic carbocycles. The van der Waals surface area contributed by atoms with Gasteiger partial charge in [-0.05, 0) is 119 Å². The van der Waals surface area contributed by atoms with Gasteiger partial charge in [0.05, 0.1) is 52.8 Å². The van der Waals surface area contributed by atoms with Crippen LogP contribution < -0.4 is 35.8 Å². The largest absolute Gasteiger partial charge is 0.494 e. The quantitative estimate of drug-likeness (QED) is 0.0816. The second-order valence-electron chi connectivity index (χ2n) is 20.7. The van der Waals surface area contributed by atoms with Gasteiger partial charge in [0.15, 0.2) is 5.82 Å². The summed E-state index contributed by atoms with van der Waals surface area (Å²) in [6.45, 7) is 10.2. The Labute approximate surface area is 433 Å². The molecule has 5 aliphatic heterocycles. The summed E-state index contributed by atoms with van der Waals surface area (Å²) >= 11 is 6.69. The number of benzene rings is 3. The predicted molar refractivity (Wildman–Crippen MR) is 285 cm³/mol. The van der Waals surface area contributed by atoms with E-state index in [1.165, 1.54) is 19.0 Å². The fourth-order valence-corrected chi connectivity index (χ4v) is 13.2. The summed E-state index contributed by atoms with van der Waals surface area (Å²) in [5.74, 6) is -0.136. The molecular formula is C53H59ClN13O6P. The lowest BCUT2D eigenvalue weighted by atomic mass is 9.71. The molecule has 74 heavy (non-hydrogen) atoms. The molecule has 4 amide bonds. The zero-order valence-corrected chi connectivity index (χ0v) is 43.6. The first-order chi connectivity index (χ1) is 35.6. The molecule has 0 unspecified atom stereocenters. The Morgan fingerprint density at radius 2 is 1.55 bits per heavy atom. The molecule has 5 aliphatic rings. The molecule has 0 aliphatic carbocycles. The number of anilines is 6. The van der Waals surface area contributed by atoms with Gasteiger partial charge in [-0.1, -0.05) is 11.6 Å². The lowest BCUT2D eigenvalue weighted by molar-refractivity contribution is -0.136. The third kappa shape index (κ3) is 9.56. The predicted octanol–water partition coefficient (Wildman–Crippen LogP) is 7.22. The number of nitrogens with zero attached hydrogens (tertiary/aromatic N) is 10. The fraction of sp³-hybridized carbons (Fsp3) is 0.415. The minimum Gasteiger partial charge on any atom is -0.494 e. The molecule has 6 aromatic rings. The number of fused-ring (bicyclic) bond motifs is 2. The number of rotatable bonds is 12. The third-order valence-corrected chi connectivity index (χ3v) is 17.5. The maximum Gasteiger partial charge on any atom is 0.262 e. The monoisotopic (exact) mass is 1040 g/mol. The summed E-state index contributed by atoms with van der Waals surface area (Å²) in [5.41, 5.74) is 7.30. The van der Waals surface area contributed by atoms with Gasteiger partial charge in [0.25, 0.3) is 11.8 Å². The number of methoxy groups -OCH3 is 1. The molecule has 3 aromatic heterocycles. The second-order valence-corrected chi connectivity index (χ2v) is 24.3. The van der Waals surface area contributed by atoms with Gasteiger partial charge < -0.3 is 34.6 Å². The number of piperidine rings is 4. The van der Waals surface area contributed by atoms with Crippen LogP contribution in [0.2, 0.25) is 5.02 Å². The normalized spacial score (nSPS) is 19.6. The Morgan fingerprint density at radius 1 is 0.811 bits per heavy atom. The highest BCUT2D eigenvalue weighted by atomic mass is 35.5. The number of hydrogen-bond acceptors (Lipinski definition) is 16. The van der Waals surface area contributed by atoms with Gasteiger partial charge >= 0.3 is 0 Å². The number of halogens is 1. The summed E-state index contributed by atoms with van der Waals surface area (Å²) in [4.78, 5) is 77.7. The zero-order chi connectivity index (χ0) is 51.5. The standard InChI is InChI=1S/C53H59ClN13O6P/c1-63-31-33(28-58-63)36-26-41(60-52-57-29-38(54)48(62-52)59-40-8-7-39-46(56-18-17-55-39)47(40)74(3,4)72)44(73-2)27-43(36)66-23-15-53(16-24-66)13-21-64(22-14-53)30-32-11-19-65(20-12-32)34-5-6-35-37(25-34)51(71)67(50(35)70)42-9-10-45(68)61-49(42)69/h5-8,17-18,25-29,31-32,42H,9-16,19-24,30H2,1-4H3,(H,61,68,69)(H2,57,59,60,62)/t42-/m0/s1. The molecule has 3 N–H and O–H groups in total.